The molecule has 0 aromatic carbocycles. The molecule has 1 heterocycles. The molecule has 1 rings (SSSR count). The smallest absolute Gasteiger partial charge is 0.326 e. The van der Waals surface area contributed by atoms with E-state index in [1.54, 1.807) is 0 Å². The summed E-state index contributed by atoms with van der Waals surface area (Å²) in [5.74, 6) is -1.20. The van der Waals surface area contributed by atoms with Crippen molar-refractivity contribution in [2.75, 3.05) is 6.54 Å². The van der Waals surface area contributed by atoms with Crippen LogP contribution in [0.5, 0.6) is 0 Å². The standard InChI is InChI=1S/C7H12N2O3/c1-4(10)9-3-5(8)2-6(9)7(11)12/h5-6H,2-3,8H2,1H3,(H,11,12)/t5-,6+/m1/s1. The van der Waals surface area contributed by atoms with Crippen LogP contribution in [0.15, 0.2) is 0 Å². The van der Waals surface area contributed by atoms with Gasteiger partial charge in [0.25, 0.3) is 0 Å². The van der Waals surface area contributed by atoms with Crippen LogP contribution in [-0.4, -0.2) is 40.5 Å². The number of carbonyl (C=O) groups excluding carboxylic acids is 1. The number of nitrogens with zero attached hydrogens (tertiary/aromatic N) is 1. The number of hydrogen-bond acceptors (Lipinski definition) is 3. The summed E-state index contributed by atoms with van der Waals surface area (Å²) in [6.45, 7) is 1.71. The van der Waals surface area contributed by atoms with E-state index < -0.39 is 12.0 Å². The molecule has 0 aromatic heterocycles. The molecular weight excluding hydrogens is 160 g/mol. The van der Waals surface area contributed by atoms with E-state index in [-0.39, 0.29) is 11.9 Å². The number of rotatable bonds is 1. The predicted molar refractivity (Wildman–Crippen MR) is 41.4 cm³/mol. The Hall–Kier alpha value is -1.10. The molecule has 0 unspecified atom stereocenters. The van der Waals surface area contributed by atoms with Gasteiger partial charge in [-0.25, -0.2) is 4.79 Å². The second kappa shape index (κ2) is 3.10. The number of likely N-dealkylation sites (tertiary alicyclic amines) is 1. The van der Waals surface area contributed by atoms with Gasteiger partial charge in [0.15, 0.2) is 0 Å². The first-order valence-corrected chi connectivity index (χ1v) is 3.78. The number of amides is 1. The summed E-state index contributed by atoms with van der Waals surface area (Å²) in [4.78, 5) is 22.8. The molecule has 0 spiro atoms. The number of aliphatic carboxylic acids is 1. The molecule has 5 heteroatoms. The van der Waals surface area contributed by atoms with Crippen molar-refractivity contribution >= 4 is 11.9 Å². The molecule has 1 amide bonds. The molecule has 1 aliphatic rings. The van der Waals surface area contributed by atoms with Crippen LogP contribution in [0, 0.1) is 0 Å². The molecule has 0 bridgehead atoms. The number of carboxylic acids is 1. The van der Waals surface area contributed by atoms with Gasteiger partial charge in [0.1, 0.15) is 6.04 Å². The molecule has 3 N–H and O–H groups in total. The minimum absolute atomic E-state index is 0.199. The normalized spacial score (nSPS) is 29.0. The van der Waals surface area contributed by atoms with E-state index in [2.05, 4.69) is 0 Å². The van der Waals surface area contributed by atoms with Crippen molar-refractivity contribution < 1.29 is 14.7 Å². The summed E-state index contributed by atoms with van der Waals surface area (Å²) < 4.78 is 0. The van der Waals surface area contributed by atoms with Gasteiger partial charge in [0.05, 0.1) is 0 Å². The third kappa shape index (κ3) is 1.55. The molecule has 1 aliphatic heterocycles. The summed E-state index contributed by atoms with van der Waals surface area (Å²) >= 11 is 0. The molecule has 0 saturated carbocycles. The maximum Gasteiger partial charge on any atom is 0.326 e. The predicted octanol–water partition coefficient (Wildman–Crippen LogP) is -0.981. The van der Waals surface area contributed by atoms with Gasteiger partial charge in [0, 0.05) is 19.5 Å². The lowest BCUT2D eigenvalue weighted by molar-refractivity contribution is -0.147. The molecule has 1 saturated heterocycles. The lowest BCUT2D eigenvalue weighted by atomic mass is 10.2. The Bertz CT molecular complexity index is 195. The Morgan fingerprint density at radius 2 is 2.17 bits per heavy atom. The zero-order valence-electron chi connectivity index (χ0n) is 6.86. The summed E-state index contributed by atoms with van der Waals surface area (Å²) in [6.07, 6.45) is 0.356. The van der Waals surface area contributed by atoms with Gasteiger partial charge in [-0.3, -0.25) is 4.79 Å². The summed E-state index contributed by atoms with van der Waals surface area (Å²) in [7, 11) is 0. The van der Waals surface area contributed by atoms with Gasteiger partial charge < -0.3 is 15.7 Å². The van der Waals surface area contributed by atoms with Crippen molar-refractivity contribution in [3.05, 3.63) is 0 Å². The third-order valence-electron chi connectivity index (χ3n) is 2.02. The third-order valence-corrected chi connectivity index (χ3v) is 2.02. The van der Waals surface area contributed by atoms with Crippen LogP contribution in [0.4, 0.5) is 0 Å². The van der Waals surface area contributed by atoms with Crippen molar-refractivity contribution in [3.63, 3.8) is 0 Å². The van der Waals surface area contributed by atoms with Crippen LogP contribution >= 0.6 is 0 Å². The maximum absolute atomic E-state index is 10.9. The lowest BCUT2D eigenvalue weighted by Gasteiger charge is -2.18. The van der Waals surface area contributed by atoms with Crippen LogP contribution in [0.25, 0.3) is 0 Å². The molecule has 12 heavy (non-hydrogen) atoms. The van der Waals surface area contributed by atoms with E-state index in [1.165, 1.54) is 11.8 Å². The van der Waals surface area contributed by atoms with E-state index in [0.29, 0.717) is 13.0 Å². The molecule has 5 nitrogen and oxygen atoms in total. The fraction of sp³-hybridized carbons (Fsp3) is 0.714. The van der Waals surface area contributed by atoms with Crippen LogP contribution in [0.2, 0.25) is 0 Å². The second-order valence-electron chi connectivity index (χ2n) is 3.02. The molecule has 68 valence electrons. The first-order chi connectivity index (χ1) is 5.52. The van der Waals surface area contributed by atoms with Crippen molar-refractivity contribution in [1.82, 2.24) is 4.90 Å². The minimum atomic E-state index is -0.974. The van der Waals surface area contributed by atoms with Gasteiger partial charge in [-0.15, -0.1) is 0 Å². The highest BCUT2D eigenvalue weighted by Gasteiger charge is 2.36. The molecular formula is C7H12N2O3. The first-order valence-electron chi connectivity index (χ1n) is 3.78. The van der Waals surface area contributed by atoms with Crippen LogP contribution in [0.3, 0.4) is 0 Å². The number of hydrogen-bond donors (Lipinski definition) is 2. The van der Waals surface area contributed by atoms with Gasteiger partial charge in [-0.2, -0.15) is 0 Å². The number of carbonyl (C=O) groups is 2. The number of nitrogens with two attached hydrogens (primary N) is 1. The molecule has 0 radical (unpaired) electrons. The van der Waals surface area contributed by atoms with Crippen LogP contribution in [0.1, 0.15) is 13.3 Å². The fourth-order valence-electron chi connectivity index (χ4n) is 1.45. The monoisotopic (exact) mass is 172 g/mol. The van der Waals surface area contributed by atoms with Gasteiger partial charge >= 0.3 is 5.97 Å². The number of carboxylic acid groups (broad SMARTS) is 1. The summed E-state index contributed by atoms with van der Waals surface area (Å²) in [5.41, 5.74) is 5.53. The highest BCUT2D eigenvalue weighted by molar-refractivity contribution is 5.83. The average Bonchev–Trinajstić information content (AvgIpc) is 2.31. The first kappa shape index (κ1) is 8.99. The quantitative estimate of drug-likeness (QED) is 0.532. The molecule has 0 aliphatic carbocycles. The Morgan fingerprint density at radius 3 is 2.50 bits per heavy atom. The average molecular weight is 172 g/mol. The van der Waals surface area contributed by atoms with E-state index in [0.717, 1.165) is 0 Å². The molecule has 1 fully saturated rings. The summed E-state index contributed by atoms with van der Waals surface area (Å²) in [6, 6.07) is -0.924. The van der Waals surface area contributed by atoms with E-state index in [4.69, 9.17) is 10.8 Å². The summed E-state index contributed by atoms with van der Waals surface area (Å²) in [5, 5.41) is 8.70. The molecule has 0 aromatic rings. The molecule has 2 atom stereocenters. The van der Waals surface area contributed by atoms with Crippen LogP contribution in [-0.2, 0) is 9.59 Å². The van der Waals surface area contributed by atoms with E-state index >= 15 is 0 Å². The zero-order valence-corrected chi connectivity index (χ0v) is 6.86. The van der Waals surface area contributed by atoms with Gasteiger partial charge in [-0.05, 0) is 6.42 Å². The Morgan fingerprint density at radius 1 is 1.58 bits per heavy atom. The van der Waals surface area contributed by atoms with E-state index in [1.807, 2.05) is 0 Å². The Labute approximate surface area is 70.1 Å². The SMILES string of the molecule is CC(=O)N1C[C@H](N)C[C@H]1C(=O)O. The van der Waals surface area contributed by atoms with Crippen molar-refractivity contribution in [2.24, 2.45) is 5.73 Å². The topological polar surface area (TPSA) is 83.6 Å². The highest BCUT2D eigenvalue weighted by Crippen LogP contribution is 2.16. The van der Waals surface area contributed by atoms with Gasteiger partial charge in [-0.1, -0.05) is 0 Å². The van der Waals surface area contributed by atoms with Crippen LogP contribution < -0.4 is 5.73 Å². The fourth-order valence-corrected chi connectivity index (χ4v) is 1.45. The minimum Gasteiger partial charge on any atom is -0.480 e. The van der Waals surface area contributed by atoms with E-state index in [9.17, 15) is 9.59 Å². The van der Waals surface area contributed by atoms with Crippen molar-refractivity contribution in [2.45, 2.75) is 25.4 Å². The van der Waals surface area contributed by atoms with Crippen molar-refractivity contribution in [3.8, 4) is 0 Å². The lowest BCUT2D eigenvalue weighted by Crippen LogP contribution is -2.39. The Kier molecular flexibility index (Phi) is 2.32. The highest BCUT2D eigenvalue weighted by atomic mass is 16.4. The Balaban J connectivity index is 2.72. The van der Waals surface area contributed by atoms with Crippen molar-refractivity contribution in [1.29, 1.82) is 0 Å². The maximum atomic E-state index is 10.9. The van der Waals surface area contributed by atoms with Gasteiger partial charge in [0.2, 0.25) is 5.91 Å². The zero-order chi connectivity index (χ0) is 9.30. The largest absolute Gasteiger partial charge is 0.480 e. The second-order valence-corrected chi connectivity index (χ2v) is 3.02.